The quantitative estimate of drug-likeness (QED) is 0.705. The number of nitrogens with zero attached hydrogens (tertiary/aromatic N) is 2. The van der Waals surface area contributed by atoms with Crippen molar-refractivity contribution in [3.63, 3.8) is 0 Å². The van der Waals surface area contributed by atoms with Crippen molar-refractivity contribution in [1.82, 2.24) is 5.01 Å². The van der Waals surface area contributed by atoms with Crippen LogP contribution in [-0.2, 0) is 4.74 Å². The molecule has 1 saturated heterocycles. The van der Waals surface area contributed by atoms with E-state index >= 15 is 0 Å². The van der Waals surface area contributed by atoms with Gasteiger partial charge in [0.15, 0.2) is 0 Å². The van der Waals surface area contributed by atoms with E-state index in [0.717, 1.165) is 32.0 Å². The van der Waals surface area contributed by atoms with E-state index in [9.17, 15) is 0 Å². The molecule has 3 heteroatoms. The monoisotopic (exact) mass is 191 g/mol. The fraction of sp³-hybridized carbons (Fsp3) is 0.364. The summed E-state index contributed by atoms with van der Waals surface area (Å²) in [6.07, 6.45) is 0. The van der Waals surface area contributed by atoms with Gasteiger partial charge in [-0.15, -0.1) is 0 Å². The lowest BCUT2D eigenvalue weighted by atomic mass is 10.3. The van der Waals surface area contributed by atoms with Crippen molar-refractivity contribution in [3.05, 3.63) is 37.4 Å². The predicted octanol–water partition coefficient (Wildman–Crippen LogP) is 1.53. The lowest BCUT2D eigenvalue weighted by molar-refractivity contribution is 0.0367. The van der Waals surface area contributed by atoms with Crippen molar-refractivity contribution in [2.75, 3.05) is 31.3 Å². The van der Waals surface area contributed by atoms with E-state index in [-0.39, 0.29) is 0 Å². The molecule has 1 aliphatic rings. The summed E-state index contributed by atoms with van der Waals surface area (Å²) in [4.78, 5) is 0. The van der Waals surface area contributed by atoms with E-state index in [4.69, 9.17) is 4.74 Å². The molecule has 0 aromatic heterocycles. The third-order valence-corrected chi connectivity index (χ3v) is 2.38. The second kappa shape index (κ2) is 4.44. The van der Waals surface area contributed by atoms with Crippen LogP contribution in [0, 0.1) is 7.05 Å². The van der Waals surface area contributed by atoms with Gasteiger partial charge in [0, 0.05) is 13.1 Å². The smallest absolute Gasteiger partial charge is 0.0612 e. The van der Waals surface area contributed by atoms with Gasteiger partial charge in [-0.3, -0.25) is 0 Å². The molecule has 14 heavy (non-hydrogen) atoms. The molecule has 1 heterocycles. The summed E-state index contributed by atoms with van der Waals surface area (Å²) in [5.41, 5.74) is 1.12. The number of anilines is 1. The number of rotatable bonds is 2. The van der Waals surface area contributed by atoms with Gasteiger partial charge in [0.2, 0.25) is 0 Å². The van der Waals surface area contributed by atoms with Crippen molar-refractivity contribution in [2.45, 2.75) is 0 Å². The van der Waals surface area contributed by atoms with Gasteiger partial charge < -0.3 is 9.75 Å². The van der Waals surface area contributed by atoms with Crippen LogP contribution in [0.4, 0.5) is 5.69 Å². The van der Waals surface area contributed by atoms with Crippen molar-refractivity contribution < 1.29 is 4.74 Å². The highest BCUT2D eigenvalue weighted by Gasteiger charge is 2.14. The lowest BCUT2D eigenvalue weighted by Gasteiger charge is -2.35. The maximum absolute atomic E-state index is 5.29. The molecule has 1 radical (unpaired) electrons. The van der Waals surface area contributed by atoms with E-state index < -0.39 is 0 Å². The molecular weight excluding hydrogens is 176 g/mol. The zero-order valence-corrected chi connectivity index (χ0v) is 8.22. The Hall–Kier alpha value is -1.06. The first kappa shape index (κ1) is 9.49. The van der Waals surface area contributed by atoms with Crippen LogP contribution >= 0.6 is 0 Å². The molecule has 0 unspecified atom stereocenters. The number of hydrogen-bond acceptors (Lipinski definition) is 3. The number of ether oxygens (including phenoxy) is 1. The highest BCUT2D eigenvalue weighted by molar-refractivity contribution is 5.45. The van der Waals surface area contributed by atoms with Gasteiger partial charge >= 0.3 is 0 Å². The third-order valence-electron chi connectivity index (χ3n) is 2.38. The predicted molar refractivity (Wildman–Crippen MR) is 56.7 cm³/mol. The first-order valence-corrected chi connectivity index (χ1v) is 4.86. The standard InChI is InChI=1S/C11H15N2O/c1-12(11-5-3-2-4-6-11)13-7-9-14-10-8-13/h2-6H,1,7-10H2. The number of hydrazine groups is 1. The SMILES string of the molecule is [CH2]N(c1ccccc1)N1CCOCC1. The maximum atomic E-state index is 5.29. The summed E-state index contributed by atoms with van der Waals surface area (Å²) in [5.74, 6) is 0. The summed E-state index contributed by atoms with van der Waals surface area (Å²) >= 11 is 0. The van der Waals surface area contributed by atoms with Crippen molar-refractivity contribution in [1.29, 1.82) is 0 Å². The first-order valence-electron chi connectivity index (χ1n) is 4.86. The highest BCUT2D eigenvalue weighted by atomic mass is 16.5. The van der Waals surface area contributed by atoms with Crippen molar-refractivity contribution in [2.24, 2.45) is 0 Å². The van der Waals surface area contributed by atoms with Crippen LogP contribution in [-0.4, -0.2) is 31.3 Å². The first-order chi connectivity index (χ1) is 6.88. The molecule has 0 bridgehead atoms. The summed E-state index contributed by atoms with van der Waals surface area (Å²) in [7, 11) is 4.04. The number of para-hydroxylation sites is 1. The molecule has 2 rings (SSSR count). The van der Waals surface area contributed by atoms with Crippen LogP contribution in [0.15, 0.2) is 30.3 Å². The fourth-order valence-corrected chi connectivity index (χ4v) is 1.56. The van der Waals surface area contributed by atoms with E-state index in [1.54, 1.807) is 0 Å². The van der Waals surface area contributed by atoms with Crippen LogP contribution < -0.4 is 5.01 Å². The second-order valence-electron chi connectivity index (χ2n) is 3.30. The molecule has 0 N–H and O–H groups in total. The highest BCUT2D eigenvalue weighted by Crippen LogP contribution is 2.15. The van der Waals surface area contributed by atoms with E-state index in [1.807, 2.05) is 23.2 Å². The average Bonchev–Trinajstić information content (AvgIpc) is 2.30. The molecule has 0 spiro atoms. The number of benzene rings is 1. The van der Waals surface area contributed by atoms with Gasteiger partial charge in [-0.2, -0.15) is 0 Å². The van der Waals surface area contributed by atoms with Gasteiger partial charge in [0.1, 0.15) is 0 Å². The number of morpholine rings is 1. The summed E-state index contributed by atoms with van der Waals surface area (Å²) in [6.45, 7) is 3.41. The van der Waals surface area contributed by atoms with E-state index in [2.05, 4.69) is 24.2 Å². The van der Waals surface area contributed by atoms with Gasteiger partial charge in [0.25, 0.3) is 0 Å². The molecule has 0 aliphatic carbocycles. The Labute approximate surface area is 84.9 Å². The van der Waals surface area contributed by atoms with Crippen LogP contribution in [0.2, 0.25) is 0 Å². The van der Waals surface area contributed by atoms with Gasteiger partial charge in [-0.1, -0.05) is 18.2 Å². The Balaban J connectivity index is 2.03. The Kier molecular flexibility index (Phi) is 3.01. The molecule has 0 saturated carbocycles. The van der Waals surface area contributed by atoms with Crippen molar-refractivity contribution >= 4 is 5.69 Å². The van der Waals surface area contributed by atoms with Gasteiger partial charge in [0.05, 0.1) is 25.9 Å². The Morgan fingerprint density at radius 1 is 1.14 bits per heavy atom. The molecule has 1 fully saturated rings. The Morgan fingerprint density at radius 2 is 1.79 bits per heavy atom. The Morgan fingerprint density at radius 3 is 2.43 bits per heavy atom. The average molecular weight is 191 g/mol. The Bertz CT molecular complexity index is 270. The van der Waals surface area contributed by atoms with E-state index in [0.29, 0.717) is 0 Å². The molecule has 75 valence electrons. The molecular formula is C11H15N2O. The largest absolute Gasteiger partial charge is 0.379 e. The normalized spacial score (nSPS) is 18.1. The molecule has 1 aromatic rings. The molecule has 0 amide bonds. The molecule has 1 aromatic carbocycles. The zero-order valence-electron chi connectivity index (χ0n) is 8.22. The summed E-state index contributed by atoms with van der Waals surface area (Å²) in [6, 6.07) is 10.2. The van der Waals surface area contributed by atoms with E-state index in [1.165, 1.54) is 0 Å². The zero-order chi connectivity index (χ0) is 9.80. The summed E-state index contributed by atoms with van der Waals surface area (Å²) < 4.78 is 5.29. The maximum Gasteiger partial charge on any atom is 0.0612 e. The van der Waals surface area contributed by atoms with Crippen LogP contribution in [0.25, 0.3) is 0 Å². The topological polar surface area (TPSA) is 15.7 Å². The van der Waals surface area contributed by atoms with Crippen molar-refractivity contribution in [3.8, 4) is 0 Å². The minimum Gasteiger partial charge on any atom is -0.379 e. The fourth-order valence-electron chi connectivity index (χ4n) is 1.56. The number of hydrogen-bond donors (Lipinski definition) is 0. The van der Waals surface area contributed by atoms with Crippen LogP contribution in [0.5, 0.6) is 0 Å². The minimum atomic E-state index is 0.791. The third kappa shape index (κ3) is 2.05. The minimum absolute atomic E-state index is 0.791. The van der Waals surface area contributed by atoms with Crippen LogP contribution in [0.1, 0.15) is 0 Å². The molecule has 0 atom stereocenters. The van der Waals surface area contributed by atoms with Gasteiger partial charge in [-0.25, -0.2) is 5.01 Å². The summed E-state index contributed by atoms with van der Waals surface area (Å²) in [5, 5.41) is 4.14. The molecule has 1 aliphatic heterocycles. The van der Waals surface area contributed by atoms with Gasteiger partial charge in [-0.05, 0) is 12.1 Å². The van der Waals surface area contributed by atoms with Crippen LogP contribution in [0.3, 0.4) is 0 Å². The second-order valence-corrected chi connectivity index (χ2v) is 3.30. The molecule has 3 nitrogen and oxygen atoms in total. The lowest BCUT2D eigenvalue weighted by Crippen LogP contribution is -2.45.